The first-order valence-electron chi connectivity index (χ1n) is 8.54. The van der Waals surface area contributed by atoms with Crippen LogP contribution < -0.4 is 16.8 Å². The fraction of sp³-hybridized carbons (Fsp3) is 0. The van der Waals surface area contributed by atoms with Gasteiger partial charge in [-0.05, 0) is 18.2 Å². The maximum Gasteiger partial charge on any atom is 0.333 e. The number of nitrogens with zero attached hydrogens (tertiary/aromatic N) is 2. The number of benzene rings is 1. The Morgan fingerprint density at radius 1 is 1.00 bits per heavy atom. The quantitative estimate of drug-likeness (QED) is 0.455. The van der Waals surface area contributed by atoms with E-state index in [1.165, 1.54) is 23.6 Å². The van der Waals surface area contributed by atoms with Crippen LogP contribution >= 0.6 is 22.9 Å². The topological polar surface area (TPSA) is 101 Å². The standard InChI is InChI=1S/C20H11ClN4O3S/c21-12-4-2-1-3-11(12)15-7-13-18(29-15)19(27)25(20(28)23-13)14-9-22-8-10-5-6-16(26)24-17(10)14/h1-9H,(H,23,28)(H,24,26). The molecular formula is C20H11ClN4O3S. The Labute approximate surface area is 170 Å². The van der Waals surface area contributed by atoms with Crippen LogP contribution in [0.5, 0.6) is 0 Å². The molecule has 5 rings (SSSR count). The van der Waals surface area contributed by atoms with Gasteiger partial charge < -0.3 is 9.97 Å². The molecule has 0 saturated heterocycles. The fourth-order valence-corrected chi connectivity index (χ4v) is 4.62. The Hall–Kier alpha value is -3.49. The number of hydrogen-bond acceptors (Lipinski definition) is 5. The molecule has 9 heteroatoms. The number of H-pyrrole nitrogens is 2. The first-order chi connectivity index (χ1) is 14.0. The molecule has 4 heterocycles. The van der Waals surface area contributed by atoms with Crippen LogP contribution in [-0.2, 0) is 0 Å². The van der Waals surface area contributed by atoms with Gasteiger partial charge in [0.15, 0.2) is 0 Å². The highest BCUT2D eigenvalue weighted by molar-refractivity contribution is 7.22. The second kappa shape index (κ2) is 6.54. The molecule has 0 atom stereocenters. The number of thiophene rings is 1. The van der Waals surface area contributed by atoms with Crippen molar-refractivity contribution < 1.29 is 0 Å². The lowest BCUT2D eigenvalue weighted by Crippen LogP contribution is -2.33. The van der Waals surface area contributed by atoms with Crippen LogP contribution in [0.2, 0.25) is 5.02 Å². The Morgan fingerprint density at radius 3 is 2.66 bits per heavy atom. The van der Waals surface area contributed by atoms with Gasteiger partial charge in [0.1, 0.15) is 4.70 Å². The van der Waals surface area contributed by atoms with E-state index in [1.807, 2.05) is 18.2 Å². The zero-order valence-corrected chi connectivity index (χ0v) is 16.2. The Balaban J connectivity index is 1.82. The molecule has 0 amide bonds. The van der Waals surface area contributed by atoms with E-state index in [0.717, 1.165) is 15.0 Å². The summed E-state index contributed by atoms with van der Waals surface area (Å²) in [7, 11) is 0. The number of halogens is 1. The smallest absolute Gasteiger partial charge is 0.320 e. The average Bonchev–Trinajstić information content (AvgIpc) is 3.12. The second-order valence-corrected chi connectivity index (χ2v) is 7.81. The minimum atomic E-state index is -0.620. The predicted molar refractivity (Wildman–Crippen MR) is 114 cm³/mol. The third kappa shape index (κ3) is 2.81. The molecule has 4 aromatic heterocycles. The van der Waals surface area contributed by atoms with Gasteiger partial charge in [-0.2, -0.15) is 0 Å². The third-order valence-electron chi connectivity index (χ3n) is 4.57. The summed E-state index contributed by atoms with van der Waals surface area (Å²) >= 11 is 7.51. The molecule has 7 nitrogen and oxygen atoms in total. The van der Waals surface area contributed by atoms with Crippen molar-refractivity contribution in [3.8, 4) is 16.1 Å². The molecule has 0 spiro atoms. The van der Waals surface area contributed by atoms with Gasteiger partial charge in [-0.3, -0.25) is 14.6 Å². The van der Waals surface area contributed by atoms with Gasteiger partial charge >= 0.3 is 5.69 Å². The number of nitrogens with one attached hydrogen (secondary N) is 2. The minimum Gasteiger partial charge on any atom is -0.320 e. The summed E-state index contributed by atoms with van der Waals surface area (Å²) in [6, 6.07) is 12.0. The van der Waals surface area contributed by atoms with Crippen LogP contribution in [0.4, 0.5) is 0 Å². The normalized spacial score (nSPS) is 11.3. The van der Waals surface area contributed by atoms with Gasteiger partial charge in [-0.15, -0.1) is 11.3 Å². The first kappa shape index (κ1) is 17.6. The molecule has 0 radical (unpaired) electrons. The molecule has 0 aliphatic rings. The van der Waals surface area contributed by atoms with E-state index in [-0.39, 0.29) is 11.2 Å². The molecule has 142 valence electrons. The Bertz CT molecular complexity index is 1600. The van der Waals surface area contributed by atoms with Crippen molar-refractivity contribution in [3.63, 3.8) is 0 Å². The Kier molecular flexibility index (Phi) is 3.97. The van der Waals surface area contributed by atoms with Crippen LogP contribution in [0.3, 0.4) is 0 Å². The van der Waals surface area contributed by atoms with Crippen LogP contribution in [0, 0.1) is 0 Å². The molecule has 29 heavy (non-hydrogen) atoms. The maximum atomic E-state index is 13.2. The molecule has 0 unspecified atom stereocenters. The van der Waals surface area contributed by atoms with Gasteiger partial charge in [-0.1, -0.05) is 29.8 Å². The van der Waals surface area contributed by atoms with Crippen molar-refractivity contribution in [2.45, 2.75) is 0 Å². The number of fused-ring (bicyclic) bond motifs is 2. The van der Waals surface area contributed by atoms with E-state index >= 15 is 0 Å². The van der Waals surface area contributed by atoms with Crippen LogP contribution in [0.1, 0.15) is 0 Å². The molecule has 0 fully saturated rings. The summed E-state index contributed by atoms with van der Waals surface area (Å²) in [4.78, 5) is 48.0. The summed E-state index contributed by atoms with van der Waals surface area (Å²) in [6.45, 7) is 0. The van der Waals surface area contributed by atoms with Gasteiger partial charge in [-0.25, -0.2) is 9.36 Å². The van der Waals surface area contributed by atoms with E-state index in [4.69, 9.17) is 11.6 Å². The molecular weight excluding hydrogens is 412 g/mol. The summed E-state index contributed by atoms with van der Waals surface area (Å²) in [5, 5.41) is 1.16. The van der Waals surface area contributed by atoms with Crippen LogP contribution in [0.25, 0.3) is 37.2 Å². The summed E-state index contributed by atoms with van der Waals surface area (Å²) < 4.78 is 1.36. The molecule has 0 bridgehead atoms. The summed E-state index contributed by atoms with van der Waals surface area (Å²) in [5.74, 6) is 0. The molecule has 2 N–H and O–H groups in total. The molecule has 5 aromatic rings. The SMILES string of the molecule is O=c1ccc2cncc(-n3c(=O)[nH]c4cc(-c5ccccc5Cl)sc4c3=O)c2[nH]1. The lowest BCUT2D eigenvalue weighted by Gasteiger charge is -2.07. The van der Waals surface area contributed by atoms with E-state index in [2.05, 4.69) is 15.0 Å². The zero-order chi connectivity index (χ0) is 20.1. The largest absolute Gasteiger partial charge is 0.333 e. The van der Waals surface area contributed by atoms with Crippen molar-refractivity contribution in [2.75, 3.05) is 0 Å². The maximum absolute atomic E-state index is 13.2. The molecule has 0 aliphatic heterocycles. The van der Waals surface area contributed by atoms with E-state index in [0.29, 0.717) is 26.1 Å². The molecule has 0 aliphatic carbocycles. The highest BCUT2D eigenvalue weighted by Gasteiger charge is 2.17. The average molecular weight is 423 g/mol. The number of pyridine rings is 2. The van der Waals surface area contributed by atoms with E-state index in [1.54, 1.807) is 24.4 Å². The van der Waals surface area contributed by atoms with Crippen molar-refractivity contribution in [2.24, 2.45) is 0 Å². The van der Waals surface area contributed by atoms with Crippen molar-refractivity contribution in [1.82, 2.24) is 19.5 Å². The second-order valence-electron chi connectivity index (χ2n) is 6.35. The van der Waals surface area contributed by atoms with Crippen molar-refractivity contribution in [1.29, 1.82) is 0 Å². The molecule has 0 saturated carbocycles. The van der Waals surface area contributed by atoms with Crippen molar-refractivity contribution in [3.05, 3.63) is 91.1 Å². The lowest BCUT2D eigenvalue weighted by molar-refractivity contribution is 0.902. The first-order valence-corrected chi connectivity index (χ1v) is 9.73. The zero-order valence-electron chi connectivity index (χ0n) is 14.6. The fourth-order valence-electron chi connectivity index (χ4n) is 3.25. The Morgan fingerprint density at radius 2 is 1.83 bits per heavy atom. The number of rotatable bonds is 2. The highest BCUT2D eigenvalue weighted by Crippen LogP contribution is 2.34. The number of hydrogen-bond donors (Lipinski definition) is 2. The van der Waals surface area contributed by atoms with Gasteiger partial charge in [0.2, 0.25) is 5.56 Å². The minimum absolute atomic E-state index is 0.209. The number of aromatic nitrogens is 4. The van der Waals surface area contributed by atoms with Gasteiger partial charge in [0.25, 0.3) is 5.56 Å². The number of aromatic amines is 2. The lowest BCUT2D eigenvalue weighted by atomic mass is 10.2. The van der Waals surface area contributed by atoms with Crippen molar-refractivity contribution >= 4 is 44.1 Å². The molecule has 1 aromatic carbocycles. The van der Waals surface area contributed by atoms with Crippen LogP contribution in [0.15, 0.2) is 69.2 Å². The summed E-state index contributed by atoms with van der Waals surface area (Å²) in [6.07, 6.45) is 2.93. The monoisotopic (exact) mass is 422 g/mol. The predicted octanol–water partition coefficient (Wildman–Crippen LogP) is 3.30. The van der Waals surface area contributed by atoms with Gasteiger partial charge in [0, 0.05) is 33.1 Å². The van der Waals surface area contributed by atoms with E-state index < -0.39 is 11.2 Å². The third-order valence-corrected chi connectivity index (χ3v) is 6.06. The highest BCUT2D eigenvalue weighted by atomic mass is 35.5. The van der Waals surface area contributed by atoms with Gasteiger partial charge in [0.05, 0.1) is 22.9 Å². The van der Waals surface area contributed by atoms with E-state index in [9.17, 15) is 14.4 Å². The summed E-state index contributed by atoms with van der Waals surface area (Å²) in [5.41, 5.74) is 0.322. The van der Waals surface area contributed by atoms with Crippen LogP contribution in [-0.4, -0.2) is 19.5 Å².